The van der Waals surface area contributed by atoms with Gasteiger partial charge >= 0.3 is 0 Å². The van der Waals surface area contributed by atoms with Gasteiger partial charge in [-0.25, -0.2) is 4.39 Å². The number of carbonyl (C=O) groups is 1. The summed E-state index contributed by atoms with van der Waals surface area (Å²) in [5.41, 5.74) is 1.95. The molecule has 1 amide bonds. The largest absolute Gasteiger partial charge is 0.489 e. The minimum atomic E-state index is -0.210. The first-order chi connectivity index (χ1) is 16.1. The van der Waals surface area contributed by atoms with E-state index in [0.717, 1.165) is 70.3 Å². The molecule has 5 nitrogen and oxygen atoms in total. The monoisotopic (exact) mass is 459 g/mol. The van der Waals surface area contributed by atoms with E-state index in [9.17, 15) is 9.18 Å². The van der Waals surface area contributed by atoms with Crippen LogP contribution in [0.15, 0.2) is 36.2 Å². The zero-order chi connectivity index (χ0) is 23.2. The highest BCUT2D eigenvalue weighted by Crippen LogP contribution is 2.57. The Labute approximate surface area is 197 Å². The van der Waals surface area contributed by atoms with Crippen molar-refractivity contribution in [2.75, 3.05) is 33.0 Å². The molecule has 5 rings (SSSR count). The van der Waals surface area contributed by atoms with Gasteiger partial charge in [0.25, 0.3) is 0 Å². The summed E-state index contributed by atoms with van der Waals surface area (Å²) in [6, 6.07) is 8.31. The van der Waals surface area contributed by atoms with E-state index in [1.807, 2.05) is 19.1 Å². The van der Waals surface area contributed by atoms with Crippen molar-refractivity contribution in [2.45, 2.75) is 76.2 Å². The van der Waals surface area contributed by atoms with Crippen molar-refractivity contribution in [1.82, 2.24) is 5.32 Å². The summed E-state index contributed by atoms with van der Waals surface area (Å²) in [5.74, 6) is 0.981. The van der Waals surface area contributed by atoms with Crippen LogP contribution in [0.25, 0.3) is 0 Å². The molecule has 0 spiro atoms. The lowest BCUT2D eigenvalue weighted by Gasteiger charge is -2.52. The van der Waals surface area contributed by atoms with Gasteiger partial charge in [0.15, 0.2) is 0 Å². The summed E-state index contributed by atoms with van der Waals surface area (Å²) in [6.45, 7) is 4.91. The van der Waals surface area contributed by atoms with E-state index in [4.69, 9.17) is 14.2 Å². The summed E-state index contributed by atoms with van der Waals surface area (Å²) in [6.07, 6.45) is 9.41. The average molecular weight is 460 g/mol. The zero-order valence-electron chi connectivity index (χ0n) is 19.9. The minimum absolute atomic E-state index is 0.167. The maximum atomic E-state index is 13.1. The van der Waals surface area contributed by atoms with Gasteiger partial charge in [-0.3, -0.25) is 4.79 Å². The second kappa shape index (κ2) is 11.0. The van der Waals surface area contributed by atoms with E-state index in [-0.39, 0.29) is 29.4 Å². The molecule has 1 N–H and O–H groups in total. The molecule has 1 aromatic rings. The van der Waals surface area contributed by atoms with Crippen LogP contribution < -0.4 is 10.1 Å². The molecule has 33 heavy (non-hydrogen) atoms. The highest BCUT2D eigenvalue weighted by atomic mass is 19.1. The fourth-order valence-corrected chi connectivity index (χ4v) is 5.67. The summed E-state index contributed by atoms with van der Waals surface area (Å²) < 4.78 is 29.7. The van der Waals surface area contributed by atoms with Crippen LogP contribution in [0.4, 0.5) is 4.39 Å². The fraction of sp³-hybridized carbons (Fsp3) is 0.667. The highest BCUT2D eigenvalue weighted by molar-refractivity contribution is 5.83. The molecule has 3 aliphatic carbocycles. The maximum Gasteiger partial charge on any atom is 0.226 e. The molecule has 0 radical (unpaired) electrons. The first-order valence-electron chi connectivity index (χ1n) is 12.6. The summed E-state index contributed by atoms with van der Waals surface area (Å²) in [7, 11) is 0. The van der Waals surface area contributed by atoms with Crippen LogP contribution in [0.3, 0.4) is 0 Å². The van der Waals surface area contributed by atoms with Crippen LogP contribution >= 0.6 is 0 Å². The van der Waals surface area contributed by atoms with Gasteiger partial charge in [0.1, 0.15) is 12.4 Å². The fourth-order valence-electron chi connectivity index (χ4n) is 5.67. The Morgan fingerprint density at radius 3 is 2.39 bits per heavy atom. The predicted molar refractivity (Wildman–Crippen MR) is 126 cm³/mol. The Morgan fingerprint density at radius 1 is 1.12 bits per heavy atom. The van der Waals surface area contributed by atoms with Crippen LogP contribution in [-0.4, -0.2) is 45.0 Å². The molecule has 6 heteroatoms. The molecule has 182 valence electrons. The molecule has 2 bridgehead atoms. The molecule has 0 aromatic heterocycles. The number of hydrogen-bond acceptors (Lipinski definition) is 4. The van der Waals surface area contributed by atoms with E-state index in [0.29, 0.717) is 31.5 Å². The summed E-state index contributed by atoms with van der Waals surface area (Å²) >= 11 is 0. The van der Waals surface area contributed by atoms with Crippen molar-refractivity contribution in [3.8, 4) is 5.75 Å². The Balaban J connectivity index is 1.25. The van der Waals surface area contributed by atoms with E-state index in [1.165, 1.54) is 5.56 Å². The molecular formula is C27H38FNO4. The van der Waals surface area contributed by atoms with Crippen molar-refractivity contribution >= 4 is 5.91 Å². The van der Waals surface area contributed by atoms with Gasteiger partial charge in [-0.1, -0.05) is 19.1 Å². The van der Waals surface area contributed by atoms with Crippen molar-refractivity contribution in [2.24, 2.45) is 5.41 Å². The van der Waals surface area contributed by atoms with Gasteiger partial charge in [0, 0.05) is 25.2 Å². The predicted octanol–water partition coefficient (Wildman–Crippen LogP) is 5.23. The van der Waals surface area contributed by atoms with Crippen molar-refractivity contribution in [3.63, 3.8) is 0 Å². The number of carbonyl (C=O) groups excluding carboxylic acids is 1. The van der Waals surface area contributed by atoms with Crippen LogP contribution in [0.1, 0.15) is 70.3 Å². The Morgan fingerprint density at radius 2 is 1.79 bits per heavy atom. The number of fused-ring (bicyclic) bond motifs is 3. The summed E-state index contributed by atoms with van der Waals surface area (Å²) in [5, 5.41) is 3.16. The lowest BCUT2D eigenvalue weighted by Crippen LogP contribution is -2.52. The van der Waals surface area contributed by atoms with Crippen LogP contribution in [-0.2, 0) is 19.7 Å². The molecular weight excluding hydrogens is 421 g/mol. The number of benzene rings is 1. The molecule has 1 aliphatic heterocycles. The Kier molecular flexibility index (Phi) is 8.07. The Bertz CT molecular complexity index is 791. The number of halogens is 1. The molecule has 4 aliphatic rings. The minimum Gasteiger partial charge on any atom is -0.489 e. The van der Waals surface area contributed by atoms with E-state index in [2.05, 4.69) is 17.4 Å². The molecule has 4 fully saturated rings. The smallest absolute Gasteiger partial charge is 0.226 e. The maximum absolute atomic E-state index is 13.1. The van der Waals surface area contributed by atoms with Crippen LogP contribution in [0, 0.1) is 5.41 Å². The lowest BCUT2D eigenvalue weighted by molar-refractivity contribution is -0.138. The van der Waals surface area contributed by atoms with E-state index in [1.54, 1.807) is 0 Å². The third kappa shape index (κ3) is 5.60. The quantitative estimate of drug-likeness (QED) is 0.487. The van der Waals surface area contributed by atoms with Gasteiger partial charge in [0.05, 0.1) is 19.0 Å². The van der Waals surface area contributed by atoms with Gasteiger partial charge < -0.3 is 19.5 Å². The first kappa shape index (κ1) is 24.2. The Hall–Kier alpha value is -1.92. The molecule has 1 aromatic carbocycles. The van der Waals surface area contributed by atoms with Crippen molar-refractivity contribution in [3.05, 3.63) is 41.7 Å². The second-order valence-electron chi connectivity index (χ2n) is 9.93. The van der Waals surface area contributed by atoms with Gasteiger partial charge in [-0.05, 0) is 86.5 Å². The SMILES string of the molecule is CC/C(=C\F)COc1ccc(C23CCC(C(=O)NCCOC4CCOCC4)(CC2)CC3)cc1. The zero-order valence-corrected chi connectivity index (χ0v) is 19.9. The second-order valence-corrected chi connectivity index (χ2v) is 9.93. The van der Waals surface area contributed by atoms with Crippen molar-refractivity contribution < 1.29 is 23.4 Å². The standard InChI is InChI=1S/C27H38FNO4/c1-2-21(19-28)20-33-23-5-3-22(4-6-23)26-9-12-27(13-10-26,14-11-26)25(30)29-15-18-32-24-7-16-31-17-8-24/h3-6,19,24H,2,7-18,20H2,1H3,(H,29,30)/b21-19+. The molecule has 0 atom stereocenters. The third-order valence-electron chi connectivity index (χ3n) is 8.14. The number of rotatable bonds is 10. The van der Waals surface area contributed by atoms with Gasteiger partial charge in [-0.15, -0.1) is 0 Å². The third-order valence-corrected chi connectivity index (χ3v) is 8.14. The number of hydrogen-bond donors (Lipinski definition) is 1. The molecule has 1 heterocycles. The van der Waals surface area contributed by atoms with E-state index >= 15 is 0 Å². The molecule has 1 saturated heterocycles. The molecule has 0 unspecified atom stereocenters. The average Bonchev–Trinajstić information content (AvgIpc) is 2.89. The van der Waals surface area contributed by atoms with Gasteiger partial charge in [-0.2, -0.15) is 0 Å². The van der Waals surface area contributed by atoms with E-state index < -0.39 is 0 Å². The number of nitrogens with one attached hydrogen (secondary N) is 1. The van der Waals surface area contributed by atoms with Crippen LogP contribution in [0.5, 0.6) is 5.75 Å². The van der Waals surface area contributed by atoms with Gasteiger partial charge in [0.2, 0.25) is 5.91 Å². The molecule has 3 saturated carbocycles. The number of ether oxygens (including phenoxy) is 3. The summed E-state index contributed by atoms with van der Waals surface area (Å²) in [4.78, 5) is 13.1. The normalized spacial score (nSPS) is 28.0. The first-order valence-corrected chi connectivity index (χ1v) is 12.6. The van der Waals surface area contributed by atoms with Crippen molar-refractivity contribution in [1.29, 1.82) is 0 Å². The number of amides is 1. The van der Waals surface area contributed by atoms with Crippen LogP contribution in [0.2, 0.25) is 0 Å². The topological polar surface area (TPSA) is 56.8 Å². The highest BCUT2D eigenvalue weighted by Gasteiger charge is 2.52. The lowest BCUT2D eigenvalue weighted by atomic mass is 9.51.